The standard InChI is InChI=1S/C16H13ClO3S/c1-21-12-7-5-11(6-8-12)20-15-4-2-3-14(17)13(15)9-10-16(18)19/h2-10H,1H3,(H,18,19). The number of thioether (sulfide) groups is 1. The van der Waals surface area contributed by atoms with Gasteiger partial charge >= 0.3 is 5.97 Å². The van der Waals surface area contributed by atoms with Gasteiger partial charge in [-0.25, -0.2) is 4.79 Å². The number of carboxylic acids is 1. The molecular weight excluding hydrogens is 308 g/mol. The summed E-state index contributed by atoms with van der Waals surface area (Å²) < 4.78 is 5.78. The SMILES string of the molecule is CSc1ccc(Oc2cccc(Cl)c2C=CC(=O)O)cc1. The lowest BCUT2D eigenvalue weighted by atomic mass is 10.2. The van der Waals surface area contributed by atoms with Crippen LogP contribution in [-0.2, 0) is 4.79 Å². The third-order valence-corrected chi connectivity index (χ3v) is 3.77. The van der Waals surface area contributed by atoms with Crippen molar-refractivity contribution in [2.75, 3.05) is 6.26 Å². The van der Waals surface area contributed by atoms with Crippen LogP contribution in [0, 0.1) is 0 Å². The molecule has 108 valence electrons. The predicted molar refractivity (Wildman–Crippen MR) is 86.4 cm³/mol. The van der Waals surface area contributed by atoms with E-state index in [4.69, 9.17) is 21.4 Å². The quantitative estimate of drug-likeness (QED) is 0.625. The molecule has 2 aromatic carbocycles. The zero-order valence-electron chi connectivity index (χ0n) is 11.2. The van der Waals surface area contributed by atoms with Crippen LogP contribution < -0.4 is 4.74 Å². The largest absolute Gasteiger partial charge is 0.478 e. The Morgan fingerprint density at radius 3 is 2.57 bits per heavy atom. The number of hydrogen-bond donors (Lipinski definition) is 1. The van der Waals surface area contributed by atoms with Crippen molar-refractivity contribution in [2.45, 2.75) is 4.90 Å². The Balaban J connectivity index is 2.30. The van der Waals surface area contributed by atoms with E-state index in [1.165, 1.54) is 6.08 Å². The maximum absolute atomic E-state index is 10.7. The summed E-state index contributed by atoms with van der Waals surface area (Å²) in [6, 6.07) is 12.8. The van der Waals surface area contributed by atoms with Crippen LogP contribution in [0.2, 0.25) is 5.02 Å². The molecular formula is C16H13ClO3S. The third kappa shape index (κ3) is 4.28. The molecule has 0 amide bonds. The Morgan fingerprint density at radius 2 is 1.95 bits per heavy atom. The highest BCUT2D eigenvalue weighted by Crippen LogP contribution is 2.32. The fraction of sp³-hybridized carbons (Fsp3) is 0.0625. The van der Waals surface area contributed by atoms with Crippen LogP contribution in [0.1, 0.15) is 5.56 Å². The van der Waals surface area contributed by atoms with Gasteiger partial charge in [0.1, 0.15) is 11.5 Å². The first kappa shape index (κ1) is 15.5. The summed E-state index contributed by atoms with van der Waals surface area (Å²) in [5, 5.41) is 9.17. The highest BCUT2D eigenvalue weighted by Gasteiger charge is 2.07. The van der Waals surface area contributed by atoms with Crippen molar-refractivity contribution in [1.82, 2.24) is 0 Å². The van der Waals surface area contributed by atoms with Crippen molar-refractivity contribution in [2.24, 2.45) is 0 Å². The van der Waals surface area contributed by atoms with E-state index in [2.05, 4.69) is 0 Å². The molecule has 21 heavy (non-hydrogen) atoms. The van der Waals surface area contributed by atoms with Crippen LogP contribution >= 0.6 is 23.4 Å². The minimum absolute atomic E-state index is 0.436. The zero-order chi connectivity index (χ0) is 15.2. The number of aliphatic carboxylic acids is 1. The average Bonchev–Trinajstić information content (AvgIpc) is 2.47. The van der Waals surface area contributed by atoms with Gasteiger partial charge in [0.2, 0.25) is 0 Å². The average molecular weight is 321 g/mol. The highest BCUT2D eigenvalue weighted by molar-refractivity contribution is 7.98. The van der Waals surface area contributed by atoms with Crippen LogP contribution in [0.4, 0.5) is 0 Å². The normalized spacial score (nSPS) is 10.8. The first-order chi connectivity index (χ1) is 10.1. The lowest BCUT2D eigenvalue weighted by Gasteiger charge is -2.10. The molecule has 3 nitrogen and oxygen atoms in total. The minimum atomic E-state index is -1.04. The monoisotopic (exact) mass is 320 g/mol. The van der Waals surface area contributed by atoms with E-state index in [1.807, 2.05) is 30.5 Å². The molecule has 0 heterocycles. The Labute approximate surface area is 132 Å². The van der Waals surface area contributed by atoms with E-state index in [0.717, 1.165) is 11.0 Å². The second-order valence-electron chi connectivity index (χ2n) is 4.10. The van der Waals surface area contributed by atoms with Gasteiger partial charge in [0.25, 0.3) is 0 Å². The van der Waals surface area contributed by atoms with Crippen molar-refractivity contribution in [3.63, 3.8) is 0 Å². The number of halogens is 1. The lowest BCUT2D eigenvalue weighted by Crippen LogP contribution is -1.90. The van der Waals surface area contributed by atoms with Gasteiger partial charge in [-0.3, -0.25) is 0 Å². The summed E-state index contributed by atoms with van der Waals surface area (Å²) in [6.07, 6.45) is 4.46. The van der Waals surface area contributed by atoms with Crippen LogP contribution in [0.25, 0.3) is 6.08 Å². The van der Waals surface area contributed by atoms with Crippen LogP contribution in [-0.4, -0.2) is 17.3 Å². The van der Waals surface area contributed by atoms with E-state index in [1.54, 1.807) is 30.0 Å². The molecule has 0 aromatic heterocycles. The molecule has 0 radical (unpaired) electrons. The van der Waals surface area contributed by atoms with Crippen molar-refractivity contribution in [3.05, 3.63) is 59.1 Å². The molecule has 0 saturated carbocycles. The zero-order valence-corrected chi connectivity index (χ0v) is 12.8. The molecule has 5 heteroatoms. The number of ether oxygens (including phenoxy) is 1. The first-order valence-corrected chi connectivity index (χ1v) is 7.72. The summed E-state index contributed by atoms with van der Waals surface area (Å²) in [7, 11) is 0. The molecule has 0 unspecified atom stereocenters. The molecule has 0 aliphatic heterocycles. The van der Waals surface area contributed by atoms with E-state index in [0.29, 0.717) is 22.1 Å². The van der Waals surface area contributed by atoms with Gasteiger partial charge in [0.05, 0.1) is 5.02 Å². The fourth-order valence-corrected chi connectivity index (χ4v) is 2.33. The summed E-state index contributed by atoms with van der Waals surface area (Å²) in [5.74, 6) is 0.141. The molecule has 0 aliphatic carbocycles. The fourth-order valence-electron chi connectivity index (χ4n) is 1.69. The van der Waals surface area contributed by atoms with E-state index in [9.17, 15) is 4.79 Å². The smallest absolute Gasteiger partial charge is 0.328 e. The van der Waals surface area contributed by atoms with Gasteiger partial charge in [-0.15, -0.1) is 11.8 Å². The Kier molecular flexibility index (Phi) is 5.31. The summed E-state index contributed by atoms with van der Waals surface area (Å²) in [4.78, 5) is 11.8. The molecule has 0 fully saturated rings. The minimum Gasteiger partial charge on any atom is -0.478 e. The van der Waals surface area contributed by atoms with Crippen molar-refractivity contribution in [3.8, 4) is 11.5 Å². The van der Waals surface area contributed by atoms with Crippen LogP contribution in [0.5, 0.6) is 11.5 Å². The number of carboxylic acid groups (broad SMARTS) is 1. The Hall–Kier alpha value is -1.91. The highest BCUT2D eigenvalue weighted by atomic mass is 35.5. The molecule has 1 N–H and O–H groups in total. The van der Waals surface area contributed by atoms with Gasteiger partial charge in [-0.1, -0.05) is 17.7 Å². The Bertz CT molecular complexity index is 666. The third-order valence-electron chi connectivity index (χ3n) is 2.69. The maximum Gasteiger partial charge on any atom is 0.328 e. The van der Waals surface area contributed by atoms with E-state index >= 15 is 0 Å². The Morgan fingerprint density at radius 1 is 1.24 bits per heavy atom. The molecule has 0 bridgehead atoms. The number of carbonyl (C=O) groups is 1. The molecule has 0 aliphatic rings. The van der Waals surface area contributed by atoms with Gasteiger partial charge in [0.15, 0.2) is 0 Å². The number of hydrogen-bond acceptors (Lipinski definition) is 3. The maximum atomic E-state index is 10.7. The van der Waals surface area contributed by atoms with Crippen molar-refractivity contribution >= 4 is 35.4 Å². The topological polar surface area (TPSA) is 46.5 Å². The summed E-state index contributed by atoms with van der Waals surface area (Å²) >= 11 is 7.75. The van der Waals surface area contributed by atoms with Gasteiger partial charge in [-0.05, 0) is 48.7 Å². The van der Waals surface area contributed by atoms with Gasteiger partial charge < -0.3 is 9.84 Å². The molecule has 0 spiro atoms. The predicted octanol–water partition coefficient (Wildman–Crippen LogP) is 4.95. The second kappa shape index (κ2) is 7.20. The van der Waals surface area contributed by atoms with Crippen LogP contribution in [0.3, 0.4) is 0 Å². The number of benzene rings is 2. The van der Waals surface area contributed by atoms with Gasteiger partial charge in [-0.2, -0.15) is 0 Å². The lowest BCUT2D eigenvalue weighted by molar-refractivity contribution is -0.131. The van der Waals surface area contributed by atoms with Crippen LogP contribution in [0.15, 0.2) is 53.4 Å². The molecule has 0 atom stereocenters. The van der Waals surface area contributed by atoms with E-state index < -0.39 is 5.97 Å². The molecule has 2 rings (SSSR count). The second-order valence-corrected chi connectivity index (χ2v) is 5.39. The molecule has 2 aromatic rings. The first-order valence-electron chi connectivity index (χ1n) is 6.11. The summed E-state index contributed by atoms with van der Waals surface area (Å²) in [6.45, 7) is 0. The number of rotatable bonds is 5. The van der Waals surface area contributed by atoms with Crippen molar-refractivity contribution < 1.29 is 14.6 Å². The van der Waals surface area contributed by atoms with E-state index in [-0.39, 0.29) is 0 Å². The van der Waals surface area contributed by atoms with Gasteiger partial charge in [0, 0.05) is 16.5 Å². The summed E-state index contributed by atoms with van der Waals surface area (Å²) in [5.41, 5.74) is 0.538. The van der Waals surface area contributed by atoms with Crippen molar-refractivity contribution in [1.29, 1.82) is 0 Å². The molecule has 0 saturated heterocycles.